The number of allylic oxidation sites excluding steroid dienone is 2. The lowest BCUT2D eigenvalue weighted by Crippen LogP contribution is -2.51. The smallest absolute Gasteiger partial charge is 0.234 e. The number of ether oxygens (including phenoxy) is 1. The first-order valence-electron chi connectivity index (χ1n) is 7.44. The fraction of sp³-hybridized carbons (Fsp3) is 0.733. The monoisotopic (exact) mass is 278 g/mol. The first-order chi connectivity index (χ1) is 9.56. The van der Waals surface area contributed by atoms with Crippen LogP contribution in [0.4, 0.5) is 0 Å². The maximum Gasteiger partial charge on any atom is 0.234 e. The van der Waals surface area contributed by atoms with Gasteiger partial charge in [0.1, 0.15) is 0 Å². The molecule has 4 atom stereocenters. The summed E-state index contributed by atoms with van der Waals surface area (Å²) in [4.78, 5) is 28.4. The number of likely N-dealkylation sites (tertiary alicyclic amines) is 1. The normalized spacial score (nSPS) is 38.4. The van der Waals surface area contributed by atoms with Gasteiger partial charge in [-0.2, -0.15) is 0 Å². The van der Waals surface area contributed by atoms with Crippen LogP contribution in [0, 0.1) is 11.8 Å². The van der Waals surface area contributed by atoms with E-state index in [1.54, 1.807) is 0 Å². The summed E-state index contributed by atoms with van der Waals surface area (Å²) in [6.45, 7) is 6.02. The third kappa shape index (κ3) is 2.40. The van der Waals surface area contributed by atoms with Crippen molar-refractivity contribution in [3.8, 4) is 0 Å². The van der Waals surface area contributed by atoms with Crippen LogP contribution < -0.4 is 0 Å². The van der Waals surface area contributed by atoms with Gasteiger partial charge in [0.15, 0.2) is 0 Å². The predicted molar refractivity (Wildman–Crippen MR) is 73.7 cm³/mol. The highest BCUT2D eigenvalue weighted by atomic mass is 16.5. The molecule has 2 saturated heterocycles. The number of rotatable bonds is 2. The van der Waals surface area contributed by atoms with Crippen molar-refractivity contribution in [2.75, 3.05) is 19.8 Å². The quantitative estimate of drug-likeness (QED) is 0.558. The van der Waals surface area contributed by atoms with Gasteiger partial charge in [-0.25, -0.2) is 0 Å². The molecule has 0 bridgehead atoms. The third-order valence-electron chi connectivity index (χ3n) is 4.44. The Hall–Kier alpha value is -1.20. The molecule has 0 N–H and O–H groups in total. The van der Waals surface area contributed by atoms with Gasteiger partial charge in [-0.1, -0.05) is 12.2 Å². The standard InChI is InChI=1S/C15H22N2O3/c1-10-7-16(8-11(2)20-10)9-17-14(18)12-5-3-4-6-13(12)15(17)19/h3-4,10-13H,5-9H2,1-2H3. The van der Waals surface area contributed by atoms with Crippen LogP contribution in [0.15, 0.2) is 12.2 Å². The molecule has 3 aliphatic rings. The molecule has 4 unspecified atom stereocenters. The van der Waals surface area contributed by atoms with Gasteiger partial charge in [0.25, 0.3) is 0 Å². The largest absolute Gasteiger partial charge is 0.373 e. The van der Waals surface area contributed by atoms with Crippen molar-refractivity contribution in [2.24, 2.45) is 11.8 Å². The predicted octanol–water partition coefficient (Wildman–Crippen LogP) is 1.00. The van der Waals surface area contributed by atoms with Gasteiger partial charge < -0.3 is 4.74 Å². The fourth-order valence-electron chi connectivity index (χ4n) is 3.61. The van der Waals surface area contributed by atoms with E-state index in [9.17, 15) is 9.59 Å². The summed E-state index contributed by atoms with van der Waals surface area (Å²) >= 11 is 0. The summed E-state index contributed by atoms with van der Waals surface area (Å²) in [6.07, 6.45) is 5.76. The zero-order valence-electron chi connectivity index (χ0n) is 12.1. The maximum atomic E-state index is 12.4. The summed E-state index contributed by atoms with van der Waals surface area (Å²) < 4.78 is 5.69. The van der Waals surface area contributed by atoms with Crippen LogP contribution in [0.3, 0.4) is 0 Å². The third-order valence-corrected chi connectivity index (χ3v) is 4.44. The second-order valence-electron chi connectivity index (χ2n) is 6.20. The average molecular weight is 278 g/mol. The maximum absolute atomic E-state index is 12.4. The number of nitrogens with zero attached hydrogens (tertiary/aromatic N) is 2. The molecular weight excluding hydrogens is 256 g/mol. The molecule has 0 spiro atoms. The number of hydrogen-bond donors (Lipinski definition) is 0. The van der Waals surface area contributed by atoms with Crippen molar-refractivity contribution in [1.29, 1.82) is 0 Å². The zero-order chi connectivity index (χ0) is 14.3. The minimum atomic E-state index is -0.122. The van der Waals surface area contributed by atoms with Gasteiger partial charge in [0.05, 0.1) is 30.7 Å². The molecule has 0 aromatic rings. The van der Waals surface area contributed by atoms with Crippen molar-refractivity contribution in [3.05, 3.63) is 12.2 Å². The molecule has 0 aromatic carbocycles. The van der Waals surface area contributed by atoms with Gasteiger partial charge in [0.2, 0.25) is 11.8 Å². The lowest BCUT2D eigenvalue weighted by Gasteiger charge is -2.36. The van der Waals surface area contributed by atoms with Crippen molar-refractivity contribution in [1.82, 2.24) is 9.80 Å². The molecule has 5 heteroatoms. The highest BCUT2D eigenvalue weighted by molar-refractivity contribution is 6.05. The first kappa shape index (κ1) is 13.8. The van der Waals surface area contributed by atoms with Crippen LogP contribution in [0.25, 0.3) is 0 Å². The van der Waals surface area contributed by atoms with Crippen molar-refractivity contribution >= 4 is 11.8 Å². The summed E-state index contributed by atoms with van der Waals surface area (Å²) in [6, 6.07) is 0. The van der Waals surface area contributed by atoms with E-state index in [2.05, 4.69) is 4.90 Å². The fourth-order valence-corrected chi connectivity index (χ4v) is 3.61. The minimum Gasteiger partial charge on any atom is -0.373 e. The van der Waals surface area contributed by atoms with Crippen LogP contribution >= 0.6 is 0 Å². The highest BCUT2D eigenvalue weighted by Crippen LogP contribution is 2.35. The van der Waals surface area contributed by atoms with Crippen LogP contribution in [0.2, 0.25) is 0 Å². The molecule has 2 fully saturated rings. The Kier molecular flexibility index (Phi) is 3.65. The van der Waals surface area contributed by atoms with Gasteiger partial charge in [-0.3, -0.25) is 19.4 Å². The van der Waals surface area contributed by atoms with Crippen molar-refractivity contribution in [2.45, 2.75) is 38.9 Å². The molecule has 0 radical (unpaired) electrons. The molecule has 0 aromatic heterocycles. The molecule has 0 saturated carbocycles. The SMILES string of the molecule is CC1CN(CN2C(=O)C3CC=CCC3C2=O)CC(C)O1. The highest BCUT2D eigenvalue weighted by Gasteiger charge is 2.47. The topological polar surface area (TPSA) is 49.9 Å². The Morgan fingerprint density at radius 2 is 1.55 bits per heavy atom. The van der Waals surface area contributed by atoms with Gasteiger partial charge in [-0.15, -0.1) is 0 Å². The number of morpholine rings is 1. The Morgan fingerprint density at radius 3 is 2.05 bits per heavy atom. The number of carbonyl (C=O) groups excluding carboxylic acids is 2. The number of hydrogen-bond acceptors (Lipinski definition) is 4. The van der Waals surface area contributed by atoms with Crippen molar-refractivity contribution < 1.29 is 14.3 Å². The summed E-state index contributed by atoms with van der Waals surface area (Å²) in [5.41, 5.74) is 0. The average Bonchev–Trinajstić information content (AvgIpc) is 2.64. The van der Waals surface area contributed by atoms with E-state index in [4.69, 9.17) is 4.74 Å². The van der Waals surface area contributed by atoms with E-state index < -0.39 is 0 Å². The van der Waals surface area contributed by atoms with Gasteiger partial charge in [-0.05, 0) is 26.7 Å². The minimum absolute atomic E-state index is 0.0103. The van der Waals surface area contributed by atoms with Crippen LogP contribution in [-0.2, 0) is 14.3 Å². The molecular formula is C15H22N2O3. The molecule has 2 heterocycles. The lowest BCUT2D eigenvalue weighted by molar-refractivity contribution is -0.146. The molecule has 20 heavy (non-hydrogen) atoms. The summed E-state index contributed by atoms with van der Waals surface area (Å²) in [5, 5.41) is 0. The van der Waals surface area contributed by atoms with E-state index in [-0.39, 0.29) is 35.9 Å². The van der Waals surface area contributed by atoms with Crippen LogP contribution in [0.1, 0.15) is 26.7 Å². The van der Waals surface area contributed by atoms with E-state index in [1.165, 1.54) is 4.90 Å². The van der Waals surface area contributed by atoms with Crippen LogP contribution in [0.5, 0.6) is 0 Å². The van der Waals surface area contributed by atoms with E-state index in [0.29, 0.717) is 19.5 Å². The molecule has 2 amide bonds. The second-order valence-corrected chi connectivity index (χ2v) is 6.20. The molecule has 5 nitrogen and oxygen atoms in total. The number of imide groups is 1. The molecule has 110 valence electrons. The van der Waals surface area contributed by atoms with Crippen LogP contribution in [-0.4, -0.2) is 53.6 Å². The number of amides is 2. The van der Waals surface area contributed by atoms with E-state index in [0.717, 1.165) is 13.1 Å². The molecule has 1 aliphatic carbocycles. The van der Waals surface area contributed by atoms with E-state index in [1.807, 2.05) is 26.0 Å². The molecule has 2 aliphatic heterocycles. The van der Waals surface area contributed by atoms with Gasteiger partial charge >= 0.3 is 0 Å². The van der Waals surface area contributed by atoms with Crippen molar-refractivity contribution in [3.63, 3.8) is 0 Å². The Morgan fingerprint density at radius 1 is 1.05 bits per heavy atom. The molecule has 3 rings (SSSR count). The first-order valence-corrected chi connectivity index (χ1v) is 7.44. The second kappa shape index (κ2) is 5.30. The summed E-state index contributed by atoms with van der Waals surface area (Å²) in [5.74, 6) is -0.223. The Bertz CT molecular complexity index is 412. The zero-order valence-corrected chi connectivity index (χ0v) is 12.1. The lowest BCUT2D eigenvalue weighted by atomic mass is 9.85. The Balaban J connectivity index is 1.68. The van der Waals surface area contributed by atoms with Gasteiger partial charge in [0, 0.05) is 13.1 Å². The number of carbonyl (C=O) groups is 2. The van der Waals surface area contributed by atoms with E-state index >= 15 is 0 Å². The number of fused-ring (bicyclic) bond motifs is 1. The Labute approximate surface area is 119 Å². The summed E-state index contributed by atoms with van der Waals surface area (Å²) in [7, 11) is 0.